The summed E-state index contributed by atoms with van der Waals surface area (Å²) in [4.78, 5) is 3.59. The second kappa shape index (κ2) is 6.45. The van der Waals surface area contributed by atoms with E-state index >= 15 is 0 Å². The van der Waals surface area contributed by atoms with Gasteiger partial charge in [-0.05, 0) is 56.0 Å². The molecule has 0 fully saturated rings. The standard InChI is InChI=1S/C19H21ClN2/c1-3-5-7-14(4-2)21-18-9-6-8-15-16-12-13(20)10-11-17(16)22-19(15)18/h3-5,7,10-12,18,21-22H,1,6,8-9H2,2H3/b7-5-,14-4+. The summed E-state index contributed by atoms with van der Waals surface area (Å²) >= 11 is 6.16. The molecule has 0 saturated heterocycles. The lowest BCUT2D eigenvalue weighted by molar-refractivity contribution is 0.496. The maximum absolute atomic E-state index is 6.16. The number of hydrogen-bond acceptors (Lipinski definition) is 1. The van der Waals surface area contributed by atoms with Gasteiger partial charge in [-0.15, -0.1) is 0 Å². The first-order valence-electron chi connectivity index (χ1n) is 7.75. The Morgan fingerprint density at radius 3 is 3.09 bits per heavy atom. The molecule has 22 heavy (non-hydrogen) atoms. The van der Waals surface area contributed by atoms with Crippen molar-refractivity contribution in [1.82, 2.24) is 10.3 Å². The van der Waals surface area contributed by atoms with Gasteiger partial charge in [0.05, 0.1) is 6.04 Å². The van der Waals surface area contributed by atoms with Crippen LogP contribution < -0.4 is 5.32 Å². The van der Waals surface area contributed by atoms with Gasteiger partial charge < -0.3 is 10.3 Å². The van der Waals surface area contributed by atoms with Crippen molar-refractivity contribution in [3.63, 3.8) is 0 Å². The molecule has 1 aromatic carbocycles. The topological polar surface area (TPSA) is 27.8 Å². The number of fused-ring (bicyclic) bond motifs is 3. The summed E-state index contributed by atoms with van der Waals surface area (Å²) < 4.78 is 0. The average Bonchev–Trinajstić information content (AvgIpc) is 2.90. The van der Waals surface area contributed by atoms with Crippen molar-refractivity contribution in [3.8, 4) is 0 Å². The smallest absolute Gasteiger partial charge is 0.0666 e. The molecular formula is C19H21ClN2. The summed E-state index contributed by atoms with van der Waals surface area (Å²) in [5.41, 5.74) is 5.00. The fourth-order valence-corrected chi connectivity index (χ4v) is 3.35. The molecule has 1 unspecified atom stereocenters. The van der Waals surface area contributed by atoms with Crippen LogP contribution in [0.2, 0.25) is 5.02 Å². The summed E-state index contributed by atoms with van der Waals surface area (Å²) in [7, 11) is 0. The van der Waals surface area contributed by atoms with E-state index in [9.17, 15) is 0 Å². The largest absolute Gasteiger partial charge is 0.377 e. The van der Waals surface area contributed by atoms with E-state index in [4.69, 9.17) is 11.6 Å². The van der Waals surface area contributed by atoms with E-state index in [0.717, 1.165) is 23.6 Å². The van der Waals surface area contributed by atoms with E-state index in [1.165, 1.54) is 28.6 Å². The molecule has 114 valence electrons. The summed E-state index contributed by atoms with van der Waals surface area (Å²) in [6, 6.07) is 6.40. The molecule has 0 saturated carbocycles. The van der Waals surface area contributed by atoms with Crippen LogP contribution in [0.1, 0.15) is 37.1 Å². The zero-order chi connectivity index (χ0) is 15.5. The monoisotopic (exact) mass is 312 g/mol. The maximum Gasteiger partial charge on any atom is 0.0666 e. The van der Waals surface area contributed by atoms with Crippen molar-refractivity contribution < 1.29 is 0 Å². The third-order valence-corrected chi connectivity index (χ3v) is 4.47. The maximum atomic E-state index is 6.16. The van der Waals surface area contributed by atoms with Crippen LogP contribution in [0.4, 0.5) is 0 Å². The second-order valence-corrected chi connectivity index (χ2v) is 6.07. The summed E-state index contributed by atoms with van der Waals surface area (Å²) in [6.45, 7) is 5.77. The SMILES string of the molecule is C=C/C=C\C(=C/C)NC1CCCc2c1[nH]c1ccc(Cl)cc21. The minimum Gasteiger partial charge on any atom is -0.377 e. The molecule has 3 rings (SSSR count). The van der Waals surface area contributed by atoms with Crippen LogP contribution in [0.25, 0.3) is 10.9 Å². The minimum absolute atomic E-state index is 0.315. The van der Waals surface area contributed by atoms with Crippen LogP contribution in [0.15, 0.2) is 54.8 Å². The molecule has 1 aliphatic carbocycles. The van der Waals surface area contributed by atoms with Gasteiger partial charge in [-0.2, -0.15) is 0 Å². The fraction of sp³-hybridized carbons (Fsp3) is 0.263. The Bertz CT molecular complexity index is 752. The minimum atomic E-state index is 0.315. The lowest BCUT2D eigenvalue weighted by Crippen LogP contribution is -2.24. The van der Waals surface area contributed by atoms with Crippen molar-refractivity contribution in [2.75, 3.05) is 0 Å². The van der Waals surface area contributed by atoms with Crippen LogP contribution in [0, 0.1) is 0 Å². The number of allylic oxidation sites excluding steroid dienone is 4. The molecule has 3 heteroatoms. The molecule has 0 spiro atoms. The Hall–Kier alpha value is -1.93. The molecule has 1 aliphatic rings. The Morgan fingerprint density at radius 2 is 2.32 bits per heavy atom. The zero-order valence-corrected chi connectivity index (χ0v) is 13.6. The van der Waals surface area contributed by atoms with Crippen LogP contribution in [0.5, 0.6) is 0 Å². The molecule has 0 radical (unpaired) electrons. The predicted molar refractivity (Wildman–Crippen MR) is 95.2 cm³/mol. The third-order valence-electron chi connectivity index (χ3n) is 4.23. The summed E-state index contributed by atoms with van der Waals surface area (Å²) in [5.74, 6) is 0. The van der Waals surface area contributed by atoms with Crippen molar-refractivity contribution in [2.24, 2.45) is 0 Å². The van der Waals surface area contributed by atoms with Gasteiger partial charge in [0.2, 0.25) is 0 Å². The highest BCUT2D eigenvalue weighted by Gasteiger charge is 2.24. The van der Waals surface area contributed by atoms with Gasteiger partial charge in [0.25, 0.3) is 0 Å². The predicted octanol–water partition coefficient (Wildman–Crippen LogP) is 5.43. The van der Waals surface area contributed by atoms with Gasteiger partial charge in [-0.3, -0.25) is 0 Å². The quantitative estimate of drug-likeness (QED) is 0.723. The first-order valence-corrected chi connectivity index (χ1v) is 8.12. The normalized spacial score (nSPS) is 18.6. The zero-order valence-electron chi connectivity index (χ0n) is 12.8. The Balaban J connectivity index is 1.96. The summed E-state index contributed by atoms with van der Waals surface area (Å²) in [6.07, 6.45) is 11.3. The first-order chi connectivity index (χ1) is 10.7. The van der Waals surface area contributed by atoms with E-state index < -0.39 is 0 Å². The van der Waals surface area contributed by atoms with Crippen LogP contribution in [0.3, 0.4) is 0 Å². The van der Waals surface area contributed by atoms with Crippen molar-refractivity contribution in [1.29, 1.82) is 0 Å². The van der Waals surface area contributed by atoms with Crippen LogP contribution in [-0.4, -0.2) is 4.98 Å². The Labute approximate surface area is 136 Å². The van der Waals surface area contributed by atoms with Gasteiger partial charge in [0.1, 0.15) is 0 Å². The number of halogens is 1. The Kier molecular flexibility index (Phi) is 4.39. The van der Waals surface area contributed by atoms with E-state index in [0.29, 0.717) is 6.04 Å². The van der Waals surface area contributed by atoms with Crippen molar-refractivity contribution in [3.05, 3.63) is 71.1 Å². The van der Waals surface area contributed by atoms with Gasteiger partial charge in [0, 0.05) is 27.3 Å². The number of aromatic amines is 1. The van der Waals surface area contributed by atoms with Crippen LogP contribution >= 0.6 is 11.6 Å². The molecule has 0 bridgehead atoms. The van der Waals surface area contributed by atoms with Gasteiger partial charge in [-0.25, -0.2) is 0 Å². The molecule has 2 aromatic rings. The number of aromatic nitrogens is 1. The lowest BCUT2D eigenvalue weighted by Gasteiger charge is -2.25. The molecule has 0 aliphatic heterocycles. The van der Waals surface area contributed by atoms with E-state index in [-0.39, 0.29) is 0 Å². The molecule has 1 atom stereocenters. The van der Waals surface area contributed by atoms with Gasteiger partial charge in [-0.1, -0.05) is 36.4 Å². The average molecular weight is 313 g/mol. The fourth-order valence-electron chi connectivity index (χ4n) is 3.18. The van der Waals surface area contributed by atoms with E-state index in [1.807, 2.05) is 19.1 Å². The highest BCUT2D eigenvalue weighted by molar-refractivity contribution is 6.31. The molecule has 2 N–H and O–H groups in total. The number of aryl methyl sites for hydroxylation is 1. The highest BCUT2D eigenvalue weighted by atomic mass is 35.5. The molecular weight excluding hydrogens is 292 g/mol. The molecule has 0 amide bonds. The summed E-state index contributed by atoms with van der Waals surface area (Å²) in [5, 5.41) is 5.69. The van der Waals surface area contributed by atoms with Crippen LogP contribution in [-0.2, 0) is 6.42 Å². The molecule has 2 nitrogen and oxygen atoms in total. The Morgan fingerprint density at radius 1 is 1.45 bits per heavy atom. The van der Waals surface area contributed by atoms with E-state index in [1.54, 1.807) is 6.08 Å². The second-order valence-electron chi connectivity index (χ2n) is 5.64. The lowest BCUT2D eigenvalue weighted by atomic mass is 9.91. The van der Waals surface area contributed by atoms with Crippen molar-refractivity contribution in [2.45, 2.75) is 32.2 Å². The molecule has 1 aromatic heterocycles. The number of H-pyrrole nitrogens is 1. The number of rotatable bonds is 4. The van der Waals surface area contributed by atoms with Crippen molar-refractivity contribution >= 4 is 22.5 Å². The van der Waals surface area contributed by atoms with Gasteiger partial charge in [0.15, 0.2) is 0 Å². The molecule has 1 heterocycles. The van der Waals surface area contributed by atoms with Gasteiger partial charge >= 0.3 is 0 Å². The highest BCUT2D eigenvalue weighted by Crippen LogP contribution is 2.36. The number of nitrogens with one attached hydrogen (secondary N) is 2. The number of benzene rings is 1. The van der Waals surface area contributed by atoms with E-state index in [2.05, 4.69) is 41.2 Å². The third kappa shape index (κ3) is 2.84. The number of hydrogen-bond donors (Lipinski definition) is 2. The first kappa shape index (κ1) is 15.0.